The SMILES string of the molecule is C[Si](C)(C)c1ccnc2c([N+](=O)[O-])cccc12. The van der Waals surface area contributed by atoms with E-state index < -0.39 is 8.07 Å². The minimum atomic E-state index is -1.52. The molecule has 0 fully saturated rings. The van der Waals surface area contributed by atoms with Crippen molar-refractivity contribution in [1.82, 2.24) is 4.98 Å². The molecule has 1 aromatic heterocycles. The van der Waals surface area contributed by atoms with E-state index in [2.05, 4.69) is 24.6 Å². The summed E-state index contributed by atoms with van der Waals surface area (Å²) in [5.41, 5.74) is 0.583. The monoisotopic (exact) mass is 246 g/mol. The molecule has 0 aliphatic carbocycles. The van der Waals surface area contributed by atoms with Crippen molar-refractivity contribution in [3.8, 4) is 0 Å². The minimum absolute atomic E-state index is 0.0857. The summed E-state index contributed by atoms with van der Waals surface area (Å²) in [6.07, 6.45) is 1.67. The molecule has 1 aromatic carbocycles. The molecule has 0 radical (unpaired) electrons. The second kappa shape index (κ2) is 3.92. The van der Waals surface area contributed by atoms with E-state index in [1.165, 1.54) is 11.3 Å². The van der Waals surface area contributed by atoms with E-state index in [-0.39, 0.29) is 10.6 Å². The summed E-state index contributed by atoms with van der Waals surface area (Å²) in [5, 5.41) is 13.1. The number of para-hydroxylation sites is 1. The van der Waals surface area contributed by atoms with Crippen LogP contribution in [0.4, 0.5) is 5.69 Å². The summed E-state index contributed by atoms with van der Waals surface area (Å²) in [6.45, 7) is 6.67. The molecule has 1 heterocycles. The Labute approximate surface area is 100 Å². The molecule has 4 nitrogen and oxygen atoms in total. The molecule has 0 atom stereocenters. The molecule has 0 spiro atoms. The molecule has 0 amide bonds. The highest BCUT2D eigenvalue weighted by molar-refractivity contribution is 6.90. The lowest BCUT2D eigenvalue weighted by atomic mass is 10.2. The first-order chi connectivity index (χ1) is 7.91. The van der Waals surface area contributed by atoms with Gasteiger partial charge in [0, 0.05) is 17.6 Å². The second-order valence-corrected chi connectivity index (χ2v) is 10.1. The van der Waals surface area contributed by atoms with Crippen molar-refractivity contribution in [2.24, 2.45) is 0 Å². The zero-order chi connectivity index (χ0) is 12.6. The van der Waals surface area contributed by atoms with Crippen LogP contribution in [0.3, 0.4) is 0 Å². The molecule has 0 saturated heterocycles. The van der Waals surface area contributed by atoms with Crippen molar-refractivity contribution in [3.63, 3.8) is 0 Å². The van der Waals surface area contributed by atoms with Gasteiger partial charge in [0.25, 0.3) is 5.69 Å². The van der Waals surface area contributed by atoms with Gasteiger partial charge < -0.3 is 0 Å². The van der Waals surface area contributed by atoms with Crippen LogP contribution in [-0.4, -0.2) is 18.0 Å². The Morgan fingerprint density at radius 2 is 1.94 bits per heavy atom. The quantitative estimate of drug-likeness (QED) is 0.465. The summed E-state index contributed by atoms with van der Waals surface area (Å²) in [5.74, 6) is 0. The van der Waals surface area contributed by atoms with Crippen molar-refractivity contribution < 1.29 is 4.92 Å². The van der Waals surface area contributed by atoms with E-state index in [9.17, 15) is 10.1 Å². The van der Waals surface area contributed by atoms with Gasteiger partial charge in [0.1, 0.15) is 5.52 Å². The highest BCUT2D eigenvalue weighted by atomic mass is 28.3. The number of non-ortho nitro benzene ring substituents is 1. The molecule has 88 valence electrons. The number of hydrogen-bond acceptors (Lipinski definition) is 3. The standard InChI is InChI=1S/C12H14N2O2Si/c1-17(2,3)11-7-8-13-12-9(11)5-4-6-10(12)14(15)16/h4-8H,1-3H3. The molecule has 0 saturated carbocycles. The van der Waals surface area contributed by atoms with E-state index in [0.29, 0.717) is 5.52 Å². The molecule has 2 rings (SSSR count). The molecule has 0 aliphatic rings. The Kier molecular flexibility index (Phi) is 2.70. The first kappa shape index (κ1) is 11.7. The Balaban J connectivity index is 2.84. The van der Waals surface area contributed by atoms with Crippen molar-refractivity contribution in [2.75, 3.05) is 0 Å². The predicted molar refractivity (Wildman–Crippen MR) is 71.4 cm³/mol. The summed E-state index contributed by atoms with van der Waals surface area (Å²) in [4.78, 5) is 14.7. The zero-order valence-corrected chi connectivity index (χ0v) is 11.1. The number of rotatable bonds is 2. The molecule has 0 aliphatic heterocycles. The lowest BCUT2D eigenvalue weighted by Crippen LogP contribution is -2.38. The molecule has 17 heavy (non-hydrogen) atoms. The third-order valence-electron chi connectivity index (χ3n) is 2.75. The normalized spacial score (nSPS) is 11.7. The Morgan fingerprint density at radius 3 is 2.53 bits per heavy atom. The average molecular weight is 246 g/mol. The van der Waals surface area contributed by atoms with Crippen LogP contribution in [0.2, 0.25) is 19.6 Å². The van der Waals surface area contributed by atoms with Gasteiger partial charge in [-0.1, -0.05) is 31.8 Å². The third kappa shape index (κ3) is 2.05. The topological polar surface area (TPSA) is 56.0 Å². The number of benzene rings is 1. The molecule has 0 bridgehead atoms. The first-order valence-corrected chi connectivity index (χ1v) is 8.94. The van der Waals surface area contributed by atoms with Gasteiger partial charge in [-0.15, -0.1) is 0 Å². The number of nitrogens with zero attached hydrogens (tertiary/aromatic N) is 2. The van der Waals surface area contributed by atoms with E-state index >= 15 is 0 Å². The van der Waals surface area contributed by atoms with Crippen LogP contribution in [-0.2, 0) is 0 Å². The van der Waals surface area contributed by atoms with E-state index in [0.717, 1.165) is 5.39 Å². The molecule has 0 N–H and O–H groups in total. The number of fused-ring (bicyclic) bond motifs is 1. The molecular weight excluding hydrogens is 232 g/mol. The molecule has 0 unspecified atom stereocenters. The van der Waals surface area contributed by atoms with E-state index in [1.807, 2.05) is 12.1 Å². The molecule has 5 heteroatoms. The van der Waals surface area contributed by atoms with Crippen molar-refractivity contribution >= 4 is 29.9 Å². The van der Waals surface area contributed by atoms with Gasteiger partial charge in [-0.3, -0.25) is 10.1 Å². The molecule has 2 aromatic rings. The van der Waals surface area contributed by atoms with Crippen molar-refractivity contribution in [2.45, 2.75) is 19.6 Å². The summed E-state index contributed by atoms with van der Waals surface area (Å²) >= 11 is 0. The largest absolute Gasteiger partial charge is 0.295 e. The number of nitro groups is 1. The van der Waals surface area contributed by atoms with Gasteiger partial charge >= 0.3 is 0 Å². The van der Waals surface area contributed by atoms with Crippen LogP contribution in [0.15, 0.2) is 30.5 Å². The highest BCUT2D eigenvalue weighted by Gasteiger charge is 2.22. The van der Waals surface area contributed by atoms with Crippen molar-refractivity contribution in [3.05, 3.63) is 40.6 Å². The molecular formula is C12H14N2O2Si. The Hall–Kier alpha value is -1.75. The maximum atomic E-state index is 11.0. The smallest absolute Gasteiger partial charge is 0.258 e. The van der Waals surface area contributed by atoms with Gasteiger partial charge in [0.2, 0.25) is 0 Å². The van der Waals surface area contributed by atoms with Crippen LogP contribution < -0.4 is 5.19 Å². The summed E-state index contributed by atoms with van der Waals surface area (Å²) < 4.78 is 0. The van der Waals surface area contributed by atoms with Crippen LogP contribution in [0, 0.1) is 10.1 Å². The predicted octanol–water partition coefficient (Wildman–Crippen LogP) is 2.69. The lowest BCUT2D eigenvalue weighted by molar-refractivity contribution is -0.383. The van der Waals surface area contributed by atoms with Gasteiger partial charge in [-0.2, -0.15) is 0 Å². The fourth-order valence-corrected chi connectivity index (χ4v) is 3.55. The Bertz CT molecular complexity index is 591. The van der Waals surface area contributed by atoms with Crippen LogP contribution in [0.5, 0.6) is 0 Å². The van der Waals surface area contributed by atoms with Crippen molar-refractivity contribution in [1.29, 1.82) is 0 Å². The number of aromatic nitrogens is 1. The summed E-state index contributed by atoms with van der Waals surface area (Å²) in [6, 6.07) is 7.14. The highest BCUT2D eigenvalue weighted by Crippen LogP contribution is 2.23. The fourth-order valence-electron chi connectivity index (χ4n) is 1.96. The van der Waals surface area contributed by atoms with E-state index in [4.69, 9.17) is 0 Å². The third-order valence-corrected chi connectivity index (χ3v) is 4.81. The van der Waals surface area contributed by atoms with Gasteiger partial charge in [-0.05, 0) is 11.3 Å². The minimum Gasteiger partial charge on any atom is -0.258 e. The average Bonchev–Trinajstić information content (AvgIpc) is 2.26. The fraction of sp³-hybridized carbons (Fsp3) is 0.250. The number of pyridine rings is 1. The van der Waals surface area contributed by atoms with Gasteiger partial charge in [0.05, 0.1) is 13.0 Å². The second-order valence-electron chi connectivity index (χ2n) is 5.04. The number of hydrogen-bond donors (Lipinski definition) is 0. The Morgan fingerprint density at radius 1 is 1.24 bits per heavy atom. The number of nitro benzene ring substituents is 1. The first-order valence-electron chi connectivity index (χ1n) is 5.44. The summed E-state index contributed by atoms with van der Waals surface area (Å²) in [7, 11) is -1.52. The van der Waals surface area contributed by atoms with Gasteiger partial charge in [0.15, 0.2) is 0 Å². The lowest BCUT2D eigenvalue weighted by Gasteiger charge is -2.18. The van der Waals surface area contributed by atoms with Crippen LogP contribution in [0.25, 0.3) is 10.9 Å². The zero-order valence-electron chi connectivity index (χ0n) is 10.1. The van der Waals surface area contributed by atoms with Gasteiger partial charge in [-0.25, -0.2) is 4.98 Å². The maximum absolute atomic E-state index is 11.0. The van der Waals surface area contributed by atoms with Crippen LogP contribution >= 0.6 is 0 Å². The maximum Gasteiger partial charge on any atom is 0.295 e. The van der Waals surface area contributed by atoms with Crippen LogP contribution in [0.1, 0.15) is 0 Å². The van der Waals surface area contributed by atoms with E-state index in [1.54, 1.807) is 12.3 Å².